The number of halogens is 1. The lowest BCUT2D eigenvalue weighted by atomic mass is 10.2. The third kappa shape index (κ3) is 2.91. The zero-order valence-electron chi connectivity index (χ0n) is 11.7. The summed E-state index contributed by atoms with van der Waals surface area (Å²) >= 11 is 6.16. The molecule has 0 amide bonds. The highest BCUT2D eigenvalue weighted by Crippen LogP contribution is 2.27. The molecule has 3 aromatic rings. The minimum Gasteiger partial charge on any atom is -0.280 e. The van der Waals surface area contributed by atoms with Crippen LogP contribution in [0.5, 0.6) is 0 Å². The third-order valence-electron chi connectivity index (χ3n) is 3.24. The molecule has 0 unspecified atom stereocenters. The van der Waals surface area contributed by atoms with Crippen LogP contribution in [0.2, 0.25) is 5.02 Å². The molecule has 2 aromatic carbocycles. The average molecular weight is 333 g/mol. The molecule has 4 nitrogen and oxygen atoms in total. The number of hydrogen-bond donors (Lipinski definition) is 1. The fourth-order valence-corrected chi connectivity index (χ4v) is 3.45. The molecule has 1 heterocycles. The summed E-state index contributed by atoms with van der Waals surface area (Å²) in [4.78, 5) is 4.39. The van der Waals surface area contributed by atoms with Crippen LogP contribution in [0.1, 0.15) is 5.56 Å². The zero-order valence-corrected chi connectivity index (χ0v) is 13.3. The highest BCUT2D eigenvalue weighted by atomic mass is 35.5. The number of fused-ring (bicyclic) bond motifs is 1. The standard InChI is InChI=1S/C16H13ClN2O2S/c1-11-4-6-14(7-5-11)22(20,21)19-13-9-12-3-2-8-18-16(12)15(17)10-13/h2-10,19H,1H3. The van der Waals surface area contributed by atoms with Crippen molar-refractivity contribution in [2.24, 2.45) is 0 Å². The van der Waals surface area contributed by atoms with E-state index in [9.17, 15) is 8.42 Å². The van der Waals surface area contributed by atoms with E-state index in [0.717, 1.165) is 10.9 Å². The van der Waals surface area contributed by atoms with Gasteiger partial charge in [-0.3, -0.25) is 9.71 Å². The van der Waals surface area contributed by atoms with Crippen LogP contribution in [0.25, 0.3) is 10.9 Å². The number of hydrogen-bond acceptors (Lipinski definition) is 3. The predicted molar refractivity (Wildman–Crippen MR) is 88.7 cm³/mol. The highest BCUT2D eigenvalue weighted by molar-refractivity contribution is 7.92. The maximum absolute atomic E-state index is 12.4. The van der Waals surface area contributed by atoms with Crippen LogP contribution in [0, 0.1) is 6.92 Å². The molecule has 0 aliphatic carbocycles. The van der Waals surface area contributed by atoms with Gasteiger partial charge in [-0.05, 0) is 37.3 Å². The Bertz CT molecular complexity index is 938. The van der Waals surface area contributed by atoms with Gasteiger partial charge in [0.15, 0.2) is 0 Å². The molecule has 0 aliphatic rings. The minimum atomic E-state index is -3.64. The van der Waals surface area contributed by atoms with E-state index in [0.29, 0.717) is 16.2 Å². The van der Waals surface area contributed by atoms with E-state index in [2.05, 4.69) is 9.71 Å². The first-order valence-corrected chi connectivity index (χ1v) is 8.45. The largest absolute Gasteiger partial charge is 0.280 e. The number of anilines is 1. The van der Waals surface area contributed by atoms with E-state index in [1.807, 2.05) is 13.0 Å². The van der Waals surface area contributed by atoms with Crippen LogP contribution < -0.4 is 4.72 Å². The van der Waals surface area contributed by atoms with Gasteiger partial charge in [-0.15, -0.1) is 0 Å². The van der Waals surface area contributed by atoms with Gasteiger partial charge in [-0.25, -0.2) is 8.42 Å². The topological polar surface area (TPSA) is 59.1 Å². The van der Waals surface area contributed by atoms with Crippen molar-refractivity contribution >= 4 is 38.2 Å². The SMILES string of the molecule is Cc1ccc(S(=O)(=O)Nc2cc(Cl)c3ncccc3c2)cc1. The Labute approximate surface area is 133 Å². The summed E-state index contributed by atoms with van der Waals surface area (Å²) < 4.78 is 27.3. The van der Waals surface area contributed by atoms with E-state index in [1.54, 1.807) is 48.7 Å². The number of sulfonamides is 1. The molecular weight excluding hydrogens is 320 g/mol. The lowest BCUT2D eigenvalue weighted by molar-refractivity contribution is 0.601. The quantitative estimate of drug-likeness (QED) is 0.788. The van der Waals surface area contributed by atoms with Crippen molar-refractivity contribution in [3.8, 4) is 0 Å². The normalized spacial score (nSPS) is 11.5. The molecule has 0 atom stereocenters. The number of aryl methyl sites for hydroxylation is 1. The van der Waals surface area contributed by atoms with Crippen LogP contribution >= 0.6 is 11.6 Å². The number of benzene rings is 2. The van der Waals surface area contributed by atoms with E-state index in [4.69, 9.17) is 11.6 Å². The van der Waals surface area contributed by atoms with E-state index >= 15 is 0 Å². The first-order chi connectivity index (χ1) is 10.5. The van der Waals surface area contributed by atoms with Gasteiger partial charge in [0.1, 0.15) is 0 Å². The predicted octanol–water partition coefficient (Wildman–Crippen LogP) is 4.00. The molecule has 1 N–H and O–H groups in total. The Hall–Kier alpha value is -2.11. The maximum Gasteiger partial charge on any atom is 0.261 e. The fraction of sp³-hybridized carbons (Fsp3) is 0.0625. The van der Waals surface area contributed by atoms with Gasteiger partial charge in [0.05, 0.1) is 21.1 Å². The lowest BCUT2D eigenvalue weighted by Crippen LogP contribution is -2.12. The van der Waals surface area contributed by atoms with Crippen molar-refractivity contribution in [3.05, 3.63) is 65.3 Å². The van der Waals surface area contributed by atoms with E-state index in [1.165, 1.54) is 0 Å². The Kier molecular flexibility index (Phi) is 3.76. The summed E-state index contributed by atoms with van der Waals surface area (Å²) in [5.74, 6) is 0. The van der Waals surface area contributed by atoms with Crippen LogP contribution in [0.4, 0.5) is 5.69 Å². The van der Waals surface area contributed by atoms with Crippen molar-refractivity contribution in [3.63, 3.8) is 0 Å². The first-order valence-electron chi connectivity index (χ1n) is 6.59. The van der Waals surface area contributed by atoms with Gasteiger partial charge in [0, 0.05) is 11.6 Å². The van der Waals surface area contributed by atoms with Crippen LogP contribution in [-0.2, 0) is 10.0 Å². The fourth-order valence-electron chi connectivity index (χ4n) is 2.14. The minimum absolute atomic E-state index is 0.209. The van der Waals surface area contributed by atoms with E-state index < -0.39 is 10.0 Å². The molecule has 0 bridgehead atoms. The molecule has 0 saturated carbocycles. The monoisotopic (exact) mass is 332 g/mol. The molecule has 1 aromatic heterocycles. The Balaban J connectivity index is 2.00. The number of rotatable bonds is 3. The number of nitrogens with one attached hydrogen (secondary N) is 1. The second-order valence-electron chi connectivity index (χ2n) is 4.95. The molecule has 0 saturated heterocycles. The maximum atomic E-state index is 12.4. The third-order valence-corrected chi connectivity index (χ3v) is 4.93. The van der Waals surface area contributed by atoms with Crippen molar-refractivity contribution in [2.75, 3.05) is 4.72 Å². The van der Waals surface area contributed by atoms with Crippen molar-refractivity contribution in [1.82, 2.24) is 4.98 Å². The number of nitrogens with zero attached hydrogens (tertiary/aromatic N) is 1. The van der Waals surface area contributed by atoms with Crippen molar-refractivity contribution in [2.45, 2.75) is 11.8 Å². The van der Waals surface area contributed by atoms with E-state index in [-0.39, 0.29) is 4.90 Å². The molecule has 0 spiro atoms. The Morgan fingerprint density at radius 2 is 1.82 bits per heavy atom. The summed E-state index contributed by atoms with van der Waals surface area (Å²) in [5.41, 5.74) is 2.05. The zero-order chi connectivity index (χ0) is 15.7. The second-order valence-corrected chi connectivity index (χ2v) is 7.04. The average Bonchev–Trinajstić information content (AvgIpc) is 2.47. The molecule has 0 radical (unpaired) electrons. The molecule has 3 rings (SSSR count). The molecular formula is C16H13ClN2O2S. The van der Waals surface area contributed by atoms with Crippen LogP contribution in [0.3, 0.4) is 0 Å². The van der Waals surface area contributed by atoms with Crippen molar-refractivity contribution < 1.29 is 8.42 Å². The molecule has 0 fully saturated rings. The summed E-state index contributed by atoms with van der Waals surface area (Å²) in [6, 6.07) is 13.5. The smallest absolute Gasteiger partial charge is 0.261 e. The summed E-state index contributed by atoms with van der Waals surface area (Å²) in [7, 11) is -3.64. The Morgan fingerprint density at radius 1 is 1.09 bits per heavy atom. The Morgan fingerprint density at radius 3 is 2.55 bits per heavy atom. The summed E-state index contributed by atoms with van der Waals surface area (Å²) in [5, 5.41) is 1.18. The van der Waals surface area contributed by atoms with Gasteiger partial charge < -0.3 is 0 Å². The van der Waals surface area contributed by atoms with Gasteiger partial charge in [-0.2, -0.15) is 0 Å². The van der Waals surface area contributed by atoms with Gasteiger partial charge >= 0.3 is 0 Å². The van der Waals surface area contributed by atoms with Crippen LogP contribution in [0.15, 0.2) is 59.6 Å². The second kappa shape index (κ2) is 5.59. The lowest BCUT2D eigenvalue weighted by Gasteiger charge is -2.10. The molecule has 6 heteroatoms. The number of pyridine rings is 1. The first kappa shape index (κ1) is 14.8. The number of aromatic nitrogens is 1. The van der Waals surface area contributed by atoms with Gasteiger partial charge in [0.2, 0.25) is 0 Å². The van der Waals surface area contributed by atoms with Gasteiger partial charge in [0.25, 0.3) is 10.0 Å². The molecule has 22 heavy (non-hydrogen) atoms. The van der Waals surface area contributed by atoms with Gasteiger partial charge in [-0.1, -0.05) is 35.4 Å². The van der Waals surface area contributed by atoms with Crippen molar-refractivity contribution in [1.29, 1.82) is 0 Å². The molecule has 112 valence electrons. The summed E-state index contributed by atoms with van der Waals surface area (Å²) in [6.45, 7) is 1.90. The van der Waals surface area contributed by atoms with Crippen LogP contribution in [-0.4, -0.2) is 13.4 Å². The summed E-state index contributed by atoms with van der Waals surface area (Å²) in [6.07, 6.45) is 1.64. The molecule has 0 aliphatic heterocycles. The highest BCUT2D eigenvalue weighted by Gasteiger charge is 2.15.